The van der Waals surface area contributed by atoms with Gasteiger partial charge in [-0.15, -0.1) is 0 Å². The molecular weight excluding hydrogens is 224 g/mol. The van der Waals surface area contributed by atoms with E-state index in [0.717, 1.165) is 12.1 Å². The predicted molar refractivity (Wildman–Crippen MR) is 58.2 cm³/mol. The number of rotatable bonds is 1. The Morgan fingerprint density at radius 1 is 1.12 bits per heavy atom. The molecule has 2 aromatic rings. The van der Waals surface area contributed by atoms with E-state index in [1.807, 2.05) is 0 Å². The zero-order valence-corrected chi connectivity index (χ0v) is 8.61. The third-order valence-electron chi connectivity index (χ3n) is 2.38. The summed E-state index contributed by atoms with van der Waals surface area (Å²) in [4.78, 5) is 0. The lowest BCUT2D eigenvalue weighted by Crippen LogP contribution is -1.89. The highest BCUT2D eigenvalue weighted by atomic mass is 19.1. The number of aromatic hydroxyl groups is 1. The van der Waals surface area contributed by atoms with Crippen LogP contribution in [0.2, 0.25) is 0 Å². The monoisotopic (exact) mass is 231 g/mol. The molecule has 1 N–H and O–H groups in total. The van der Waals surface area contributed by atoms with Crippen LogP contribution in [-0.2, 0) is 0 Å². The third-order valence-corrected chi connectivity index (χ3v) is 2.38. The van der Waals surface area contributed by atoms with Crippen molar-refractivity contribution in [1.29, 1.82) is 5.26 Å². The fraction of sp³-hybridized carbons (Fsp3) is 0. The number of phenols is 1. The molecule has 4 heteroatoms. The fourth-order valence-corrected chi connectivity index (χ4v) is 1.52. The smallest absolute Gasteiger partial charge is 0.164 e. The maximum atomic E-state index is 13.8. The molecule has 0 saturated heterocycles. The highest BCUT2D eigenvalue weighted by Crippen LogP contribution is 2.28. The maximum absolute atomic E-state index is 13.8. The van der Waals surface area contributed by atoms with Crippen molar-refractivity contribution in [3.05, 3.63) is 53.6 Å². The molecule has 0 radical (unpaired) electrons. The van der Waals surface area contributed by atoms with Gasteiger partial charge in [0, 0.05) is 5.56 Å². The highest BCUT2D eigenvalue weighted by molar-refractivity contribution is 5.67. The van der Waals surface area contributed by atoms with E-state index in [9.17, 15) is 13.9 Å². The lowest BCUT2D eigenvalue weighted by Gasteiger charge is -2.05. The van der Waals surface area contributed by atoms with E-state index in [1.165, 1.54) is 24.3 Å². The normalized spacial score (nSPS) is 9.94. The van der Waals surface area contributed by atoms with Gasteiger partial charge in [0.25, 0.3) is 0 Å². The van der Waals surface area contributed by atoms with Crippen LogP contribution < -0.4 is 0 Å². The first kappa shape index (κ1) is 11.1. The minimum Gasteiger partial charge on any atom is -0.505 e. The number of nitrogens with zero attached hydrogens (tertiary/aromatic N) is 1. The van der Waals surface area contributed by atoms with Crippen molar-refractivity contribution in [1.82, 2.24) is 0 Å². The molecule has 17 heavy (non-hydrogen) atoms. The third kappa shape index (κ3) is 1.95. The molecule has 0 atom stereocenters. The van der Waals surface area contributed by atoms with Crippen LogP contribution in [0.5, 0.6) is 5.75 Å². The van der Waals surface area contributed by atoms with E-state index in [0.29, 0.717) is 5.56 Å². The van der Waals surface area contributed by atoms with E-state index < -0.39 is 17.4 Å². The summed E-state index contributed by atoms with van der Waals surface area (Å²) in [5, 5.41) is 17.9. The van der Waals surface area contributed by atoms with Crippen LogP contribution in [0, 0.1) is 23.0 Å². The van der Waals surface area contributed by atoms with E-state index >= 15 is 0 Å². The Morgan fingerprint density at radius 2 is 1.88 bits per heavy atom. The van der Waals surface area contributed by atoms with Crippen molar-refractivity contribution in [2.75, 3.05) is 0 Å². The van der Waals surface area contributed by atoms with Gasteiger partial charge in [-0.1, -0.05) is 18.2 Å². The first-order valence-corrected chi connectivity index (χ1v) is 4.81. The number of benzene rings is 2. The van der Waals surface area contributed by atoms with Gasteiger partial charge >= 0.3 is 0 Å². The molecule has 2 aromatic carbocycles. The van der Waals surface area contributed by atoms with E-state index in [2.05, 4.69) is 0 Å². The topological polar surface area (TPSA) is 44.0 Å². The molecule has 2 nitrogen and oxygen atoms in total. The van der Waals surface area contributed by atoms with Gasteiger partial charge in [-0.05, 0) is 23.8 Å². The Labute approximate surface area is 96.4 Å². The summed E-state index contributed by atoms with van der Waals surface area (Å²) < 4.78 is 26.7. The Morgan fingerprint density at radius 3 is 2.53 bits per heavy atom. The summed E-state index contributed by atoms with van der Waals surface area (Å²) in [6.45, 7) is 0. The number of hydrogen-bond acceptors (Lipinski definition) is 2. The first-order chi connectivity index (χ1) is 8.13. The molecule has 0 heterocycles. The van der Waals surface area contributed by atoms with Gasteiger partial charge in [0.15, 0.2) is 11.6 Å². The molecule has 0 aliphatic carbocycles. The van der Waals surface area contributed by atoms with E-state index in [1.54, 1.807) is 6.07 Å². The molecule has 0 aromatic heterocycles. The lowest BCUT2D eigenvalue weighted by molar-refractivity contribution is 0.432. The molecular formula is C13H7F2NO. The second-order valence-electron chi connectivity index (χ2n) is 3.45. The van der Waals surface area contributed by atoms with Gasteiger partial charge in [-0.25, -0.2) is 8.78 Å². The van der Waals surface area contributed by atoms with Crippen LogP contribution in [0.3, 0.4) is 0 Å². The van der Waals surface area contributed by atoms with Gasteiger partial charge in [0.1, 0.15) is 11.9 Å². The molecule has 0 saturated carbocycles. The van der Waals surface area contributed by atoms with Crippen molar-refractivity contribution in [3.63, 3.8) is 0 Å². The van der Waals surface area contributed by atoms with Crippen molar-refractivity contribution < 1.29 is 13.9 Å². The van der Waals surface area contributed by atoms with Crippen molar-refractivity contribution in [2.24, 2.45) is 0 Å². The van der Waals surface area contributed by atoms with Gasteiger partial charge in [0.05, 0.1) is 5.56 Å². The lowest BCUT2D eigenvalue weighted by atomic mass is 10.0. The van der Waals surface area contributed by atoms with Gasteiger partial charge < -0.3 is 5.11 Å². The van der Waals surface area contributed by atoms with Crippen LogP contribution >= 0.6 is 0 Å². The minimum atomic E-state index is -0.773. The van der Waals surface area contributed by atoms with Crippen LogP contribution in [0.15, 0.2) is 36.4 Å². The quantitative estimate of drug-likeness (QED) is 0.818. The molecule has 0 amide bonds. The van der Waals surface area contributed by atoms with Gasteiger partial charge in [-0.3, -0.25) is 0 Å². The molecule has 84 valence electrons. The number of phenolic OH excluding ortho intramolecular Hbond substituents is 1. The largest absolute Gasteiger partial charge is 0.505 e. The van der Waals surface area contributed by atoms with Gasteiger partial charge in [-0.2, -0.15) is 5.26 Å². The second kappa shape index (κ2) is 4.22. The second-order valence-corrected chi connectivity index (χ2v) is 3.45. The molecule has 0 bridgehead atoms. The van der Waals surface area contributed by atoms with E-state index in [-0.39, 0.29) is 11.1 Å². The average molecular weight is 231 g/mol. The minimum absolute atomic E-state index is 0.0914. The SMILES string of the molecule is N#Cc1cccc(-c2ccc(F)c(O)c2)c1F. The summed E-state index contributed by atoms with van der Waals surface area (Å²) in [5.41, 5.74) is 0.379. The van der Waals surface area contributed by atoms with Crippen LogP contribution in [0.1, 0.15) is 5.56 Å². The van der Waals surface area contributed by atoms with Crippen LogP contribution in [0.4, 0.5) is 8.78 Å². The Balaban J connectivity index is 2.61. The zero-order chi connectivity index (χ0) is 12.4. The summed E-state index contributed by atoms with van der Waals surface area (Å²) in [6.07, 6.45) is 0. The Kier molecular flexibility index (Phi) is 2.75. The van der Waals surface area contributed by atoms with Crippen LogP contribution in [-0.4, -0.2) is 5.11 Å². The number of hydrogen-bond donors (Lipinski definition) is 1. The Bertz CT molecular complexity index is 617. The van der Waals surface area contributed by atoms with Gasteiger partial charge in [0.2, 0.25) is 0 Å². The Hall–Kier alpha value is -2.41. The van der Waals surface area contributed by atoms with Crippen molar-refractivity contribution in [3.8, 4) is 22.9 Å². The predicted octanol–water partition coefficient (Wildman–Crippen LogP) is 3.21. The van der Waals surface area contributed by atoms with E-state index in [4.69, 9.17) is 5.26 Å². The summed E-state index contributed by atoms with van der Waals surface area (Å²) >= 11 is 0. The van der Waals surface area contributed by atoms with Crippen molar-refractivity contribution in [2.45, 2.75) is 0 Å². The molecule has 0 unspecified atom stereocenters. The number of nitriles is 1. The summed E-state index contributed by atoms with van der Waals surface area (Å²) in [5.74, 6) is -2.00. The maximum Gasteiger partial charge on any atom is 0.164 e. The summed E-state index contributed by atoms with van der Waals surface area (Å²) in [7, 11) is 0. The summed E-state index contributed by atoms with van der Waals surface area (Å²) in [6, 6.07) is 9.56. The molecule has 0 fully saturated rings. The standard InChI is InChI=1S/C13H7F2NO/c14-11-5-4-8(6-12(11)17)10-3-1-2-9(7-16)13(10)15/h1-6,17H. The highest BCUT2D eigenvalue weighted by Gasteiger charge is 2.11. The molecule has 0 aliphatic heterocycles. The molecule has 0 aliphatic rings. The zero-order valence-electron chi connectivity index (χ0n) is 8.61. The number of halogens is 2. The van der Waals surface area contributed by atoms with Crippen molar-refractivity contribution >= 4 is 0 Å². The fourth-order valence-electron chi connectivity index (χ4n) is 1.52. The molecule has 2 rings (SSSR count). The van der Waals surface area contributed by atoms with Crippen LogP contribution in [0.25, 0.3) is 11.1 Å². The molecule has 0 spiro atoms. The first-order valence-electron chi connectivity index (χ1n) is 4.81. The average Bonchev–Trinajstić information content (AvgIpc) is 2.33.